The molecule has 4 N–H and O–H groups in total. The van der Waals surface area contributed by atoms with E-state index in [-0.39, 0.29) is 11.4 Å². The zero-order valence-corrected chi connectivity index (χ0v) is 17.7. The number of nitrogen functional groups attached to an aromatic ring is 1. The molecule has 0 aliphatic rings. The van der Waals surface area contributed by atoms with Crippen molar-refractivity contribution < 1.29 is 18.7 Å². The van der Waals surface area contributed by atoms with Crippen LogP contribution in [0.3, 0.4) is 0 Å². The number of hydrogen-bond donors (Lipinski definition) is 3. The van der Waals surface area contributed by atoms with Crippen LogP contribution in [0.5, 0.6) is 0 Å². The summed E-state index contributed by atoms with van der Waals surface area (Å²) in [5.74, 6) is -1.80. The summed E-state index contributed by atoms with van der Waals surface area (Å²) in [4.78, 5) is 20.9. The molecule has 4 rings (SSSR count). The highest BCUT2D eigenvalue weighted by atomic mass is 19.1. The first kappa shape index (κ1) is 22.1. The minimum atomic E-state index is -0.886. The fourth-order valence-corrected chi connectivity index (χ4v) is 3.54. The maximum atomic E-state index is 14.9. The van der Waals surface area contributed by atoms with Gasteiger partial charge < -0.3 is 20.7 Å². The Labute approximate surface area is 188 Å². The highest BCUT2D eigenvalue weighted by Crippen LogP contribution is 2.30. The molecule has 9 heteroatoms. The number of anilines is 1. The van der Waals surface area contributed by atoms with Gasteiger partial charge in [0, 0.05) is 24.4 Å². The van der Waals surface area contributed by atoms with E-state index >= 15 is 0 Å². The molecule has 0 bridgehead atoms. The van der Waals surface area contributed by atoms with E-state index in [0.717, 1.165) is 11.3 Å². The number of carbonyl (C=O) groups is 1. The molecule has 0 aliphatic carbocycles. The third-order valence-electron chi connectivity index (χ3n) is 5.29. The second-order valence-corrected chi connectivity index (χ2v) is 7.50. The molecule has 0 spiro atoms. The Bertz CT molecular complexity index is 1320. The van der Waals surface area contributed by atoms with Crippen molar-refractivity contribution in [1.82, 2.24) is 19.9 Å². The van der Waals surface area contributed by atoms with Crippen molar-refractivity contribution in [2.45, 2.75) is 6.04 Å². The minimum Gasteiger partial charge on any atom is -0.394 e. The minimum absolute atomic E-state index is 0.212. The number of nitrogens with zero attached hydrogens (tertiary/aromatic N) is 3. The number of rotatable bonds is 6. The van der Waals surface area contributed by atoms with Crippen LogP contribution < -0.4 is 11.1 Å². The smallest absolute Gasteiger partial charge is 0.254 e. The Kier molecular flexibility index (Phi) is 6.14. The van der Waals surface area contributed by atoms with Crippen LogP contribution in [0, 0.1) is 11.6 Å². The molecular weight excluding hydrogens is 428 g/mol. The fourth-order valence-electron chi connectivity index (χ4n) is 3.54. The molecule has 1 amide bonds. The molecule has 0 saturated carbocycles. The van der Waals surface area contributed by atoms with Crippen molar-refractivity contribution >= 4 is 11.7 Å². The molecule has 4 aromatic rings. The lowest BCUT2D eigenvalue weighted by atomic mass is 10.0. The van der Waals surface area contributed by atoms with Gasteiger partial charge in [0.15, 0.2) is 0 Å². The van der Waals surface area contributed by atoms with Crippen molar-refractivity contribution in [3.8, 4) is 22.4 Å². The summed E-state index contributed by atoms with van der Waals surface area (Å²) in [6, 6.07) is 10.5. The summed E-state index contributed by atoms with van der Waals surface area (Å²) in [5, 5.41) is 12.2. The normalized spacial score (nSPS) is 11.9. The number of amides is 1. The standard InChI is InChI=1S/C24H21F2N5O2/c1-31-13-28-11-22(31)16-8-19(23(27)29-10-16)14-5-6-18(20(26)9-14)24(33)30-21(12-32)15-3-2-4-17(25)7-15/h2-11,13,21,32H,12H2,1H3,(H2,27,29)(H,30,33). The van der Waals surface area contributed by atoms with E-state index in [9.17, 15) is 18.7 Å². The number of aliphatic hydroxyl groups excluding tert-OH is 1. The summed E-state index contributed by atoms with van der Waals surface area (Å²) >= 11 is 0. The molecule has 0 fully saturated rings. The molecule has 0 aliphatic heterocycles. The van der Waals surface area contributed by atoms with Crippen LogP contribution >= 0.6 is 0 Å². The molecule has 2 aromatic carbocycles. The Balaban J connectivity index is 1.61. The quantitative estimate of drug-likeness (QED) is 0.418. The number of nitrogens with two attached hydrogens (primary N) is 1. The Morgan fingerprint density at radius 2 is 1.97 bits per heavy atom. The first-order valence-corrected chi connectivity index (χ1v) is 10.1. The van der Waals surface area contributed by atoms with E-state index in [2.05, 4.69) is 15.3 Å². The second kappa shape index (κ2) is 9.17. The van der Waals surface area contributed by atoms with Crippen LogP contribution in [0.15, 0.2) is 67.3 Å². The van der Waals surface area contributed by atoms with Crippen molar-refractivity contribution in [2.75, 3.05) is 12.3 Å². The fraction of sp³-hybridized carbons (Fsp3) is 0.125. The summed E-state index contributed by atoms with van der Waals surface area (Å²) in [6.45, 7) is -0.474. The van der Waals surface area contributed by atoms with Gasteiger partial charge in [0.25, 0.3) is 5.91 Å². The van der Waals surface area contributed by atoms with E-state index in [1.54, 1.807) is 36.9 Å². The zero-order chi connectivity index (χ0) is 23.5. The Morgan fingerprint density at radius 1 is 1.15 bits per heavy atom. The van der Waals surface area contributed by atoms with Crippen LogP contribution in [-0.4, -0.2) is 32.2 Å². The number of aryl methyl sites for hydroxylation is 1. The number of aliphatic hydroxyl groups is 1. The SMILES string of the molecule is Cn1cncc1-c1cnc(N)c(-c2ccc(C(=O)NC(CO)c3cccc(F)c3)c(F)c2)c1. The number of halogens is 2. The van der Waals surface area contributed by atoms with E-state index < -0.39 is 30.2 Å². The van der Waals surface area contributed by atoms with Gasteiger partial charge in [0.1, 0.15) is 17.5 Å². The topological polar surface area (TPSA) is 106 Å². The van der Waals surface area contributed by atoms with Crippen LogP contribution in [-0.2, 0) is 7.05 Å². The molecule has 33 heavy (non-hydrogen) atoms. The monoisotopic (exact) mass is 449 g/mol. The third-order valence-corrected chi connectivity index (χ3v) is 5.29. The highest BCUT2D eigenvalue weighted by Gasteiger charge is 2.19. The number of imidazole rings is 1. The maximum absolute atomic E-state index is 14.9. The number of nitrogens with one attached hydrogen (secondary N) is 1. The van der Waals surface area contributed by atoms with Gasteiger partial charge in [-0.1, -0.05) is 18.2 Å². The third kappa shape index (κ3) is 4.58. The Morgan fingerprint density at radius 3 is 2.64 bits per heavy atom. The summed E-state index contributed by atoms with van der Waals surface area (Å²) in [5.41, 5.74) is 8.70. The van der Waals surface area contributed by atoms with Crippen LogP contribution in [0.4, 0.5) is 14.6 Å². The highest BCUT2D eigenvalue weighted by molar-refractivity contribution is 5.95. The van der Waals surface area contributed by atoms with E-state index in [1.165, 1.54) is 30.3 Å². The lowest BCUT2D eigenvalue weighted by Crippen LogP contribution is -2.31. The van der Waals surface area contributed by atoms with E-state index in [1.807, 2.05) is 11.6 Å². The van der Waals surface area contributed by atoms with Crippen molar-refractivity contribution in [1.29, 1.82) is 0 Å². The summed E-state index contributed by atoms with van der Waals surface area (Å²) < 4.78 is 30.2. The first-order valence-electron chi connectivity index (χ1n) is 10.1. The predicted octanol–water partition coefficient (Wildman–Crippen LogP) is 3.47. The molecule has 0 saturated heterocycles. The van der Waals surface area contributed by atoms with Gasteiger partial charge in [-0.05, 0) is 41.5 Å². The van der Waals surface area contributed by atoms with Gasteiger partial charge in [-0.15, -0.1) is 0 Å². The van der Waals surface area contributed by atoms with Crippen LogP contribution in [0.2, 0.25) is 0 Å². The zero-order valence-electron chi connectivity index (χ0n) is 17.7. The average Bonchev–Trinajstić information content (AvgIpc) is 3.23. The van der Waals surface area contributed by atoms with Gasteiger partial charge in [-0.2, -0.15) is 0 Å². The van der Waals surface area contributed by atoms with Crippen molar-refractivity contribution in [2.24, 2.45) is 7.05 Å². The van der Waals surface area contributed by atoms with Crippen molar-refractivity contribution in [3.63, 3.8) is 0 Å². The largest absolute Gasteiger partial charge is 0.394 e. The number of pyridine rings is 1. The molecule has 1 atom stereocenters. The second-order valence-electron chi connectivity index (χ2n) is 7.50. The van der Waals surface area contributed by atoms with Gasteiger partial charge in [-0.25, -0.2) is 18.7 Å². The predicted molar refractivity (Wildman–Crippen MR) is 120 cm³/mol. The van der Waals surface area contributed by atoms with Gasteiger partial charge in [0.05, 0.1) is 36.4 Å². The van der Waals surface area contributed by atoms with E-state index in [0.29, 0.717) is 16.7 Å². The van der Waals surface area contributed by atoms with Crippen LogP contribution in [0.25, 0.3) is 22.4 Å². The number of carbonyl (C=O) groups excluding carboxylic acids is 1. The summed E-state index contributed by atoms with van der Waals surface area (Å²) in [6.07, 6.45) is 4.94. The lowest BCUT2D eigenvalue weighted by Gasteiger charge is -2.17. The first-order chi connectivity index (χ1) is 15.9. The number of hydrogen-bond acceptors (Lipinski definition) is 5. The molecule has 168 valence electrons. The van der Waals surface area contributed by atoms with Gasteiger partial charge >= 0.3 is 0 Å². The molecule has 2 aromatic heterocycles. The number of aromatic nitrogens is 3. The lowest BCUT2D eigenvalue weighted by molar-refractivity contribution is 0.0912. The van der Waals surface area contributed by atoms with E-state index in [4.69, 9.17) is 5.73 Å². The van der Waals surface area contributed by atoms with Crippen molar-refractivity contribution in [3.05, 3.63) is 90.0 Å². The summed E-state index contributed by atoms with van der Waals surface area (Å²) in [7, 11) is 1.84. The molecule has 0 radical (unpaired) electrons. The molecule has 1 unspecified atom stereocenters. The van der Waals surface area contributed by atoms with Gasteiger partial charge in [-0.3, -0.25) is 4.79 Å². The van der Waals surface area contributed by atoms with Crippen LogP contribution in [0.1, 0.15) is 22.0 Å². The van der Waals surface area contributed by atoms with Gasteiger partial charge in [0.2, 0.25) is 0 Å². The molecule has 7 nitrogen and oxygen atoms in total. The molecule has 2 heterocycles. The average molecular weight is 449 g/mol. The molecular formula is C24H21F2N5O2. The number of benzene rings is 2. The maximum Gasteiger partial charge on any atom is 0.254 e. The Hall–Kier alpha value is -4.11.